The second kappa shape index (κ2) is 7.62. The largest absolute Gasteiger partial charge is 0.355 e. The second-order valence-corrected chi connectivity index (χ2v) is 6.95. The summed E-state index contributed by atoms with van der Waals surface area (Å²) in [5.41, 5.74) is 9.40. The van der Waals surface area contributed by atoms with Crippen LogP contribution < -0.4 is 0 Å². The van der Waals surface area contributed by atoms with E-state index < -0.39 is 0 Å². The molecule has 0 aliphatic carbocycles. The van der Waals surface area contributed by atoms with E-state index in [-0.39, 0.29) is 17.1 Å². The second-order valence-electron chi connectivity index (χ2n) is 6.95. The number of aromatic amines is 2. The number of hydrogen-bond acceptors (Lipinski definition) is 2. The van der Waals surface area contributed by atoms with Crippen LogP contribution in [0.15, 0.2) is 42.5 Å². The molecule has 4 nitrogen and oxygen atoms in total. The van der Waals surface area contributed by atoms with Crippen LogP contribution in [0.4, 0.5) is 0 Å². The summed E-state index contributed by atoms with van der Waals surface area (Å²) in [6.07, 6.45) is 10.3. The molecule has 3 aromatic heterocycles. The molecule has 5 heteroatoms. The van der Waals surface area contributed by atoms with Crippen LogP contribution in [0.1, 0.15) is 41.7 Å². The standard InChI is InChI=1S/C23H20N4.Fe/c1-2-3-15-10-22-13-20-7-6-18(25-20)11-16-4-5-17(24-16)12-19-8-9-21(26-19)14-23(15)27-22;/h4-14,25,27H,2-3H2,1H3;. The minimum absolute atomic E-state index is 0. The van der Waals surface area contributed by atoms with E-state index in [1.165, 1.54) is 5.56 Å². The molecule has 3 aromatic rings. The van der Waals surface area contributed by atoms with E-state index in [0.717, 1.165) is 57.7 Å². The number of nitrogens with zero attached hydrogens (tertiary/aromatic N) is 2. The van der Waals surface area contributed by atoms with Gasteiger partial charge in [-0.3, -0.25) is 0 Å². The van der Waals surface area contributed by atoms with Gasteiger partial charge in [-0.2, -0.15) is 0 Å². The van der Waals surface area contributed by atoms with E-state index in [4.69, 9.17) is 4.98 Å². The van der Waals surface area contributed by atoms with E-state index in [1.54, 1.807) is 0 Å². The van der Waals surface area contributed by atoms with Crippen LogP contribution in [-0.2, 0) is 23.5 Å². The van der Waals surface area contributed by atoms with Gasteiger partial charge in [-0.05, 0) is 78.8 Å². The van der Waals surface area contributed by atoms with Crippen molar-refractivity contribution in [3.05, 3.63) is 70.8 Å². The summed E-state index contributed by atoms with van der Waals surface area (Å²) in [6.45, 7) is 2.21. The van der Waals surface area contributed by atoms with Gasteiger partial charge in [0.25, 0.3) is 0 Å². The fraction of sp³-hybridized carbons (Fsp3) is 0.130. The number of H-pyrrole nitrogens is 2. The molecule has 0 radical (unpaired) electrons. The molecule has 0 saturated carbocycles. The quantitative estimate of drug-likeness (QED) is 0.373. The minimum atomic E-state index is 0. The van der Waals surface area contributed by atoms with Crippen molar-refractivity contribution in [2.45, 2.75) is 19.8 Å². The third-order valence-electron chi connectivity index (χ3n) is 4.77. The molecule has 0 fully saturated rings. The molecule has 8 bridgehead atoms. The molecule has 2 aliphatic rings. The van der Waals surface area contributed by atoms with Crippen molar-refractivity contribution in [1.82, 2.24) is 19.9 Å². The van der Waals surface area contributed by atoms with E-state index in [9.17, 15) is 0 Å². The molecule has 0 saturated heterocycles. The van der Waals surface area contributed by atoms with Gasteiger partial charge < -0.3 is 9.97 Å². The van der Waals surface area contributed by atoms with E-state index in [0.29, 0.717) is 0 Å². The maximum Gasteiger partial charge on any atom is 0.0659 e. The number of fused-ring (bicyclic) bond motifs is 8. The molecule has 140 valence electrons. The van der Waals surface area contributed by atoms with Crippen molar-refractivity contribution in [2.75, 3.05) is 0 Å². The number of aryl methyl sites for hydroxylation is 1. The van der Waals surface area contributed by atoms with Crippen molar-refractivity contribution in [3.63, 3.8) is 0 Å². The van der Waals surface area contributed by atoms with Crippen molar-refractivity contribution >= 4 is 46.4 Å². The molecule has 0 aromatic carbocycles. The molecular weight excluding hydrogens is 388 g/mol. The van der Waals surface area contributed by atoms with Crippen LogP contribution in [0.3, 0.4) is 0 Å². The van der Waals surface area contributed by atoms with Gasteiger partial charge in [-0.15, -0.1) is 0 Å². The first kappa shape index (κ1) is 18.5. The van der Waals surface area contributed by atoms with Crippen LogP contribution in [0.25, 0.3) is 46.4 Å². The third kappa shape index (κ3) is 3.72. The van der Waals surface area contributed by atoms with Gasteiger partial charge >= 0.3 is 0 Å². The first-order valence-electron chi connectivity index (χ1n) is 9.32. The number of hydrogen-bond donors (Lipinski definition) is 2. The minimum Gasteiger partial charge on any atom is -0.355 e. The zero-order valence-corrected chi connectivity index (χ0v) is 16.6. The van der Waals surface area contributed by atoms with Crippen LogP contribution in [0.2, 0.25) is 0 Å². The molecule has 0 unspecified atom stereocenters. The van der Waals surface area contributed by atoms with Gasteiger partial charge in [0.05, 0.1) is 22.8 Å². The van der Waals surface area contributed by atoms with Crippen LogP contribution >= 0.6 is 0 Å². The summed E-state index contributed by atoms with van der Waals surface area (Å²) < 4.78 is 0. The van der Waals surface area contributed by atoms with Crippen molar-refractivity contribution < 1.29 is 17.1 Å². The Morgan fingerprint density at radius 3 is 1.96 bits per heavy atom. The van der Waals surface area contributed by atoms with Crippen molar-refractivity contribution in [2.24, 2.45) is 0 Å². The predicted octanol–water partition coefficient (Wildman–Crippen LogP) is 5.61. The van der Waals surface area contributed by atoms with Crippen LogP contribution in [0, 0.1) is 0 Å². The predicted molar refractivity (Wildman–Crippen MR) is 113 cm³/mol. The van der Waals surface area contributed by atoms with Gasteiger partial charge in [0.2, 0.25) is 0 Å². The molecule has 5 heterocycles. The monoisotopic (exact) mass is 408 g/mol. The fourth-order valence-electron chi connectivity index (χ4n) is 3.55. The van der Waals surface area contributed by atoms with Gasteiger partial charge in [0.15, 0.2) is 0 Å². The zero-order valence-electron chi connectivity index (χ0n) is 15.5. The zero-order chi connectivity index (χ0) is 18.2. The molecule has 2 aliphatic heterocycles. The third-order valence-corrected chi connectivity index (χ3v) is 4.77. The van der Waals surface area contributed by atoms with Gasteiger partial charge in [0.1, 0.15) is 0 Å². The van der Waals surface area contributed by atoms with Crippen LogP contribution in [0.5, 0.6) is 0 Å². The molecule has 2 N–H and O–H groups in total. The van der Waals surface area contributed by atoms with Crippen molar-refractivity contribution in [3.8, 4) is 0 Å². The van der Waals surface area contributed by atoms with E-state index >= 15 is 0 Å². The molecule has 5 rings (SSSR count). The summed E-state index contributed by atoms with van der Waals surface area (Å²) in [4.78, 5) is 16.4. The smallest absolute Gasteiger partial charge is 0.0659 e. The number of aromatic nitrogens is 4. The molecule has 0 spiro atoms. The number of rotatable bonds is 2. The summed E-state index contributed by atoms with van der Waals surface area (Å²) in [7, 11) is 0. The summed E-state index contributed by atoms with van der Waals surface area (Å²) in [5, 5.41) is 0. The summed E-state index contributed by atoms with van der Waals surface area (Å²) in [6, 6.07) is 14.7. The maximum absolute atomic E-state index is 4.72. The Bertz CT molecular complexity index is 1240. The Hall–Kier alpha value is -2.88. The topological polar surface area (TPSA) is 57.4 Å². The first-order chi connectivity index (χ1) is 13.2. The Morgan fingerprint density at radius 2 is 1.29 bits per heavy atom. The molecular formula is C23H20FeN4. The Morgan fingerprint density at radius 1 is 0.679 bits per heavy atom. The average Bonchev–Trinajstić information content (AvgIpc) is 3.41. The summed E-state index contributed by atoms with van der Waals surface area (Å²) >= 11 is 0. The van der Waals surface area contributed by atoms with Crippen molar-refractivity contribution in [1.29, 1.82) is 0 Å². The van der Waals surface area contributed by atoms with E-state index in [2.05, 4.69) is 64.3 Å². The first-order valence-corrected chi connectivity index (χ1v) is 9.32. The maximum atomic E-state index is 4.72. The van der Waals surface area contributed by atoms with Gasteiger partial charge in [-0.1, -0.05) is 13.3 Å². The Kier molecular flexibility index (Phi) is 5.03. The summed E-state index contributed by atoms with van der Waals surface area (Å²) in [5.74, 6) is 0. The van der Waals surface area contributed by atoms with Gasteiger partial charge in [0, 0.05) is 39.1 Å². The Balaban J connectivity index is 0.00000192. The molecule has 0 amide bonds. The fourth-order valence-corrected chi connectivity index (χ4v) is 3.55. The van der Waals surface area contributed by atoms with Crippen LogP contribution in [-0.4, -0.2) is 19.9 Å². The SMILES string of the molecule is CCCc1cc2cc3ccc(cc4nc(cc5nc(cc1[nH]2)C=C5)C=C4)[nH]3.[Fe]. The average molecular weight is 408 g/mol. The normalized spacial score (nSPS) is 12.2. The van der Waals surface area contributed by atoms with E-state index in [1.807, 2.05) is 24.3 Å². The molecule has 0 atom stereocenters. The Labute approximate surface area is 173 Å². The van der Waals surface area contributed by atoms with Gasteiger partial charge in [-0.25, -0.2) is 9.97 Å². The number of nitrogens with one attached hydrogen (secondary N) is 2. The molecule has 28 heavy (non-hydrogen) atoms.